The van der Waals surface area contributed by atoms with Crippen molar-refractivity contribution in [2.45, 2.75) is 63.3 Å². The van der Waals surface area contributed by atoms with Crippen molar-refractivity contribution in [3.63, 3.8) is 0 Å². The summed E-state index contributed by atoms with van der Waals surface area (Å²) in [5.74, 6) is 2.42. The molecule has 0 radical (unpaired) electrons. The smallest absolute Gasteiger partial charge is 0.00392 e. The second-order valence-electron chi connectivity index (χ2n) is 7.08. The zero-order chi connectivity index (χ0) is 14.5. The fraction of sp³-hybridized carbons (Fsp3) is 0.600. The number of hydrogen-bond donors (Lipinski definition) is 1. The van der Waals surface area contributed by atoms with Crippen molar-refractivity contribution in [3.05, 3.63) is 48.0 Å². The van der Waals surface area contributed by atoms with E-state index in [1.54, 1.807) is 5.56 Å². The summed E-state index contributed by atoms with van der Waals surface area (Å²) in [7, 11) is 0. The predicted octanol–water partition coefficient (Wildman–Crippen LogP) is 5.03. The quantitative estimate of drug-likeness (QED) is 0.773. The van der Waals surface area contributed by atoms with Gasteiger partial charge in [-0.15, -0.1) is 0 Å². The summed E-state index contributed by atoms with van der Waals surface area (Å²) in [5.41, 5.74) is 7.53. The van der Waals surface area contributed by atoms with E-state index in [1.807, 2.05) is 0 Å². The molecular formula is C20H29N. The summed E-state index contributed by atoms with van der Waals surface area (Å²) in [4.78, 5) is 0. The molecule has 0 spiro atoms. The van der Waals surface area contributed by atoms with Crippen LogP contribution in [-0.4, -0.2) is 6.04 Å². The van der Waals surface area contributed by atoms with Crippen molar-refractivity contribution >= 4 is 0 Å². The highest BCUT2D eigenvalue weighted by atomic mass is 14.6. The molecule has 0 bridgehead atoms. The number of nitrogens with two attached hydrogens (primary N) is 1. The number of benzene rings is 1. The maximum atomic E-state index is 5.98. The molecule has 2 aliphatic carbocycles. The molecule has 1 aromatic rings. The molecule has 2 saturated carbocycles. The SMILES string of the molecule is NC1CCC(/C=C/C2CCC(c3ccccc3)CC2)CC1. The minimum atomic E-state index is 0.468. The average molecular weight is 283 g/mol. The van der Waals surface area contributed by atoms with Crippen LogP contribution in [0.15, 0.2) is 42.5 Å². The number of rotatable bonds is 3. The van der Waals surface area contributed by atoms with Gasteiger partial charge in [-0.1, -0.05) is 42.5 Å². The first-order valence-corrected chi connectivity index (χ1v) is 8.80. The molecule has 114 valence electrons. The lowest BCUT2D eigenvalue weighted by Gasteiger charge is -2.28. The first-order valence-electron chi connectivity index (χ1n) is 8.80. The van der Waals surface area contributed by atoms with E-state index >= 15 is 0 Å². The molecule has 0 heterocycles. The summed E-state index contributed by atoms with van der Waals surface area (Å²) >= 11 is 0. The number of hydrogen-bond acceptors (Lipinski definition) is 1. The minimum absolute atomic E-state index is 0.468. The van der Waals surface area contributed by atoms with Crippen molar-refractivity contribution < 1.29 is 0 Å². The highest BCUT2D eigenvalue weighted by Crippen LogP contribution is 2.36. The highest BCUT2D eigenvalue weighted by Gasteiger charge is 2.21. The van der Waals surface area contributed by atoms with Crippen molar-refractivity contribution in [1.82, 2.24) is 0 Å². The van der Waals surface area contributed by atoms with Gasteiger partial charge in [0.25, 0.3) is 0 Å². The third-order valence-electron chi connectivity index (χ3n) is 5.51. The van der Waals surface area contributed by atoms with Crippen LogP contribution in [0.25, 0.3) is 0 Å². The molecule has 0 aliphatic heterocycles. The molecule has 0 unspecified atom stereocenters. The van der Waals surface area contributed by atoms with Crippen molar-refractivity contribution in [1.29, 1.82) is 0 Å². The zero-order valence-electron chi connectivity index (χ0n) is 13.1. The lowest BCUT2D eigenvalue weighted by molar-refractivity contribution is 0.360. The van der Waals surface area contributed by atoms with Crippen LogP contribution in [0.1, 0.15) is 62.8 Å². The molecule has 0 amide bonds. The fourth-order valence-electron chi connectivity index (χ4n) is 4.02. The molecule has 2 N–H and O–H groups in total. The molecule has 1 aromatic carbocycles. The average Bonchev–Trinajstić information content (AvgIpc) is 2.56. The largest absolute Gasteiger partial charge is 0.328 e. The monoisotopic (exact) mass is 283 g/mol. The first-order chi connectivity index (χ1) is 10.3. The van der Waals surface area contributed by atoms with E-state index in [0.717, 1.165) is 17.8 Å². The Hall–Kier alpha value is -1.08. The van der Waals surface area contributed by atoms with E-state index in [-0.39, 0.29) is 0 Å². The molecule has 2 fully saturated rings. The Balaban J connectivity index is 1.45. The Morgan fingerprint density at radius 1 is 0.714 bits per heavy atom. The van der Waals surface area contributed by atoms with Gasteiger partial charge in [0, 0.05) is 6.04 Å². The number of allylic oxidation sites excluding steroid dienone is 2. The predicted molar refractivity (Wildman–Crippen MR) is 90.2 cm³/mol. The lowest BCUT2D eigenvalue weighted by atomic mass is 9.78. The van der Waals surface area contributed by atoms with Crippen LogP contribution in [-0.2, 0) is 0 Å². The molecule has 0 aromatic heterocycles. The van der Waals surface area contributed by atoms with E-state index in [4.69, 9.17) is 5.73 Å². The Bertz CT molecular complexity index is 434. The summed E-state index contributed by atoms with van der Waals surface area (Å²) in [6, 6.07) is 11.5. The van der Waals surface area contributed by atoms with Crippen LogP contribution in [0.2, 0.25) is 0 Å². The van der Waals surface area contributed by atoms with Crippen molar-refractivity contribution in [3.8, 4) is 0 Å². The molecule has 21 heavy (non-hydrogen) atoms. The van der Waals surface area contributed by atoms with Gasteiger partial charge in [-0.2, -0.15) is 0 Å². The summed E-state index contributed by atoms with van der Waals surface area (Å²) < 4.78 is 0. The summed E-state index contributed by atoms with van der Waals surface area (Å²) in [6.07, 6.45) is 15.5. The molecule has 0 atom stereocenters. The molecule has 1 nitrogen and oxygen atoms in total. The standard InChI is InChI=1S/C20H29N/c21-20-14-10-17(11-15-20)7-6-16-8-12-19(13-9-16)18-4-2-1-3-5-18/h1-7,16-17,19-20H,8-15,21H2/b7-6+. The normalized spacial score (nSPS) is 34.1. The van der Waals surface area contributed by atoms with Crippen LogP contribution in [0.5, 0.6) is 0 Å². The van der Waals surface area contributed by atoms with E-state index in [1.165, 1.54) is 51.4 Å². The van der Waals surface area contributed by atoms with Gasteiger partial charge in [-0.05, 0) is 74.7 Å². The second-order valence-corrected chi connectivity index (χ2v) is 7.08. The molecule has 3 rings (SSSR count). The van der Waals surface area contributed by atoms with Crippen molar-refractivity contribution in [2.24, 2.45) is 17.6 Å². The molecule has 1 heteroatoms. The topological polar surface area (TPSA) is 26.0 Å². The summed E-state index contributed by atoms with van der Waals surface area (Å²) in [6.45, 7) is 0. The van der Waals surface area contributed by atoms with Gasteiger partial charge < -0.3 is 5.73 Å². The van der Waals surface area contributed by atoms with Gasteiger partial charge in [-0.25, -0.2) is 0 Å². The Morgan fingerprint density at radius 3 is 1.81 bits per heavy atom. The highest BCUT2D eigenvalue weighted by molar-refractivity contribution is 5.20. The third-order valence-corrected chi connectivity index (χ3v) is 5.51. The van der Waals surface area contributed by atoms with Gasteiger partial charge in [0.15, 0.2) is 0 Å². The Morgan fingerprint density at radius 2 is 1.24 bits per heavy atom. The Labute approximate surface area is 129 Å². The van der Waals surface area contributed by atoms with Crippen LogP contribution >= 0.6 is 0 Å². The van der Waals surface area contributed by atoms with Crippen LogP contribution < -0.4 is 5.73 Å². The van der Waals surface area contributed by atoms with E-state index in [2.05, 4.69) is 42.5 Å². The van der Waals surface area contributed by atoms with Gasteiger partial charge in [0.05, 0.1) is 0 Å². The van der Waals surface area contributed by atoms with Crippen LogP contribution in [0, 0.1) is 11.8 Å². The van der Waals surface area contributed by atoms with Gasteiger partial charge in [0.2, 0.25) is 0 Å². The molecular weight excluding hydrogens is 254 g/mol. The zero-order valence-corrected chi connectivity index (χ0v) is 13.1. The van der Waals surface area contributed by atoms with Crippen molar-refractivity contribution in [2.75, 3.05) is 0 Å². The third kappa shape index (κ3) is 4.20. The van der Waals surface area contributed by atoms with Crippen LogP contribution in [0.3, 0.4) is 0 Å². The minimum Gasteiger partial charge on any atom is -0.328 e. The van der Waals surface area contributed by atoms with Crippen LogP contribution in [0.4, 0.5) is 0 Å². The van der Waals surface area contributed by atoms with Gasteiger partial charge in [-0.3, -0.25) is 0 Å². The summed E-state index contributed by atoms with van der Waals surface area (Å²) in [5, 5.41) is 0. The second kappa shape index (κ2) is 7.26. The van der Waals surface area contributed by atoms with Gasteiger partial charge >= 0.3 is 0 Å². The first kappa shape index (κ1) is 14.8. The Kier molecular flexibility index (Phi) is 5.13. The lowest BCUT2D eigenvalue weighted by Crippen LogP contribution is -2.25. The fourth-order valence-corrected chi connectivity index (χ4v) is 4.02. The molecule has 2 aliphatic rings. The maximum Gasteiger partial charge on any atom is 0.00392 e. The van der Waals surface area contributed by atoms with E-state index in [0.29, 0.717) is 6.04 Å². The maximum absolute atomic E-state index is 5.98. The van der Waals surface area contributed by atoms with E-state index < -0.39 is 0 Å². The van der Waals surface area contributed by atoms with E-state index in [9.17, 15) is 0 Å². The van der Waals surface area contributed by atoms with Gasteiger partial charge in [0.1, 0.15) is 0 Å². The molecule has 0 saturated heterocycles.